The van der Waals surface area contributed by atoms with E-state index in [2.05, 4.69) is 4.99 Å². The van der Waals surface area contributed by atoms with Crippen LogP contribution in [0.3, 0.4) is 0 Å². The minimum atomic E-state index is -1.86. The summed E-state index contributed by atoms with van der Waals surface area (Å²) in [5, 5.41) is 30.8. The van der Waals surface area contributed by atoms with Gasteiger partial charge in [0.15, 0.2) is 29.1 Å². The van der Waals surface area contributed by atoms with E-state index in [0.29, 0.717) is 12.8 Å². The van der Waals surface area contributed by atoms with Crippen LogP contribution in [0.4, 0.5) is 0 Å². The number of phenolic OH excluding ortho intramolecular Hbond substituents is 1. The van der Waals surface area contributed by atoms with E-state index in [1.165, 1.54) is 0 Å². The van der Waals surface area contributed by atoms with E-state index in [9.17, 15) is 44.1 Å². The van der Waals surface area contributed by atoms with E-state index in [4.69, 9.17) is 45.9 Å². The highest BCUT2D eigenvalue weighted by Gasteiger charge is 2.41. The number of carbonyl (C=O) groups is 6. The number of carboxylic acids is 2. The molecular formula is C30H49N9O9. The zero-order chi connectivity index (χ0) is 37.0. The molecule has 0 heterocycles. The van der Waals surface area contributed by atoms with Crippen LogP contribution < -0.4 is 45.9 Å². The fourth-order valence-electron chi connectivity index (χ4n) is 4.92. The fraction of sp³-hybridized carbons (Fsp3) is 0.567. The van der Waals surface area contributed by atoms with E-state index in [1.807, 2.05) is 0 Å². The molecule has 18 heteroatoms. The zero-order valence-corrected chi connectivity index (χ0v) is 27.2. The van der Waals surface area contributed by atoms with Crippen molar-refractivity contribution in [2.24, 2.45) is 56.8 Å². The van der Waals surface area contributed by atoms with Crippen LogP contribution in [0.1, 0.15) is 99.4 Å². The van der Waals surface area contributed by atoms with Gasteiger partial charge in [0.1, 0.15) is 11.8 Å². The number of carbonyl (C=O) groups excluding carboxylic acids is 4. The Balaban J connectivity index is 4.45. The molecule has 0 saturated carbocycles. The maximum Gasteiger partial charge on any atom is 0.320 e. The second kappa shape index (κ2) is 18.9. The van der Waals surface area contributed by atoms with E-state index in [0.717, 1.165) is 0 Å². The summed E-state index contributed by atoms with van der Waals surface area (Å²) in [6, 6.07) is -7.91. The van der Waals surface area contributed by atoms with E-state index in [-0.39, 0.29) is 38.3 Å². The van der Waals surface area contributed by atoms with E-state index in [1.54, 1.807) is 13.8 Å². The van der Waals surface area contributed by atoms with Crippen LogP contribution in [0, 0.1) is 5.92 Å². The number of unbranched alkanes of at least 4 members (excludes halogenated alkanes) is 1. The van der Waals surface area contributed by atoms with Crippen LogP contribution in [0.5, 0.6) is 5.75 Å². The molecule has 1 rings (SSSR count). The summed E-state index contributed by atoms with van der Waals surface area (Å²) >= 11 is 0. The number of Topliss-reactive ketones (excluding diaryl/α,β-unsaturated/α-hetero) is 4. The molecule has 0 bridgehead atoms. The van der Waals surface area contributed by atoms with Crippen LogP contribution in [0.25, 0.3) is 0 Å². The molecule has 19 N–H and O–H groups in total. The lowest BCUT2D eigenvalue weighted by Gasteiger charge is -2.27. The number of aliphatic imine (C=N–C) groups is 1. The maximum atomic E-state index is 14.2. The molecule has 5 unspecified atom stereocenters. The largest absolute Gasteiger partial charge is 0.506 e. The number of hydrogen-bond donors (Lipinski definition) is 11. The molecule has 0 amide bonds. The lowest BCUT2D eigenvalue weighted by Crippen LogP contribution is -2.43. The summed E-state index contributed by atoms with van der Waals surface area (Å²) in [6.45, 7) is 3.44. The summed E-state index contributed by atoms with van der Waals surface area (Å²) in [4.78, 5) is 83.3. The molecule has 0 fully saturated rings. The number of aromatic hydroxyl groups is 1. The second-order valence-corrected chi connectivity index (χ2v) is 11.9. The molecule has 1 aromatic carbocycles. The van der Waals surface area contributed by atoms with Gasteiger partial charge in [0.2, 0.25) is 0 Å². The fourth-order valence-corrected chi connectivity index (χ4v) is 4.92. The predicted octanol–water partition coefficient (Wildman–Crippen LogP) is -2.30. The predicted molar refractivity (Wildman–Crippen MR) is 177 cm³/mol. The smallest absolute Gasteiger partial charge is 0.320 e. The van der Waals surface area contributed by atoms with Gasteiger partial charge in [-0.3, -0.25) is 33.8 Å². The minimum Gasteiger partial charge on any atom is -0.506 e. The Hall–Kier alpha value is -4.33. The number of rotatable bonds is 22. The first kappa shape index (κ1) is 41.7. The van der Waals surface area contributed by atoms with Crippen molar-refractivity contribution in [3.63, 3.8) is 0 Å². The molecule has 1 aromatic rings. The Morgan fingerprint density at radius 2 is 1.17 bits per heavy atom. The molecule has 0 spiro atoms. The normalized spacial score (nSPS) is 14.4. The maximum absolute atomic E-state index is 14.2. The Bertz CT molecular complexity index is 1410. The SMILES string of the molecule is CC(C)C(N)C(=O)c1c(CC(N)C(=O)O)c(C(=O)C(N)CCCN=C(N)N)c(C(=O)C(N)CCCCN)c(O)c1C(=O)C(N)CC(=O)O. The van der Waals surface area contributed by atoms with Gasteiger partial charge in [-0.25, -0.2) is 0 Å². The Kier molecular flexibility index (Phi) is 16.4. The van der Waals surface area contributed by atoms with Crippen LogP contribution in [0.2, 0.25) is 0 Å². The number of hydrogen-bond acceptors (Lipinski definition) is 14. The number of nitrogens with two attached hydrogens (primary N) is 8. The number of nitrogens with zero attached hydrogens (tertiary/aromatic N) is 1. The quantitative estimate of drug-likeness (QED) is 0.0265. The van der Waals surface area contributed by atoms with Gasteiger partial charge in [0, 0.05) is 17.7 Å². The first-order valence-electron chi connectivity index (χ1n) is 15.4. The molecule has 5 atom stereocenters. The van der Waals surface area contributed by atoms with Gasteiger partial charge in [-0.05, 0) is 50.1 Å². The van der Waals surface area contributed by atoms with Crippen molar-refractivity contribution < 1.29 is 44.1 Å². The molecular weight excluding hydrogens is 630 g/mol. The van der Waals surface area contributed by atoms with Crippen molar-refractivity contribution in [2.75, 3.05) is 13.1 Å². The Labute approximate surface area is 277 Å². The number of ketones is 4. The molecule has 18 nitrogen and oxygen atoms in total. The Morgan fingerprint density at radius 3 is 1.62 bits per heavy atom. The summed E-state index contributed by atoms with van der Waals surface area (Å²) in [5.41, 5.74) is 42.9. The highest BCUT2D eigenvalue weighted by Crippen LogP contribution is 2.38. The second-order valence-electron chi connectivity index (χ2n) is 11.9. The third kappa shape index (κ3) is 10.9. The van der Waals surface area contributed by atoms with Gasteiger partial charge < -0.3 is 61.2 Å². The molecule has 268 valence electrons. The topological polar surface area (TPSA) is 384 Å². The van der Waals surface area contributed by atoms with Gasteiger partial charge in [0.05, 0.1) is 41.7 Å². The highest BCUT2D eigenvalue weighted by atomic mass is 16.4. The number of carboxylic acid groups (broad SMARTS) is 2. The van der Waals surface area contributed by atoms with Crippen molar-refractivity contribution in [1.82, 2.24) is 0 Å². The number of aliphatic carboxylic acids is 2. The zero-order valence-electron chi connectivity index (χ0n) is 27.2. The van der Waals surface area contributed by atoms with Crippen LogP contribution in [-0.4, -0.2) is 99.6 Å². The third-order valence-electron chi connectivity index (χ3n) is 7.67. The van der Waals surface area contributed by atoms with Crippen molar-refractivity contribution in [1.29, 1.82) is 0 Å². The standard InChI is InChI=1S/C30H49N9O9/c1-12(2)23(36)28(46)20-13(10-17(35)29(47)48)19(24(42)15(33)7-5-9-39-30(37)38)21(25(43)14(32)6-3-4-8-31)27(45)22(20)26(44)16(34)11-18(40)41/h12,14-17,23,45H,3-11,31-36H2,1-2H3,(H,40,41)(H,47,48)(H4,37,38,39). The summed E-state index contributed by atoms with van der Waals surface area (Å²) < 4.78 is 0. The van der Waals surface area contributed by atoms with Crippen molar-refractivity contribution in [3.8, 4) is 5.75 Å². The van der Waals surface area contributed by atoms with Gasteiger partial charge in [-0.1, -0.05) is 20.3 Å². The van der Waals surface area contributed by atoms with Crippen LogP contribution in [-0.2, 0) is 16.0 Å². The number of phenols is 1. The first-order valence-corrected chi connectivity index (χ1v) is 15.4. The molecule has 48 heavy (non-hydrogen) atoms. The van der Waals surface area contributed by atoms with E-state index < -0.39 is 118 Å². The minimum absolute atomic E-state index is 0.0123. The molecule has 0 aliphatic carbocycles. The van der Waals surface area contributed by atoms with Gasteiger partial charge in [0.25, 0.3) is 0 Å². The Morgan fingerprint density at radius 1 is 0.688 bits per heavy atom. The first-order chi connectivity index (χ1) is 22.3. The van der Waals surface area contributed by atoms with Crippen LogP contribution >= 0.6 is 0 Å². The van der Waals surface area contributed by atoms with Crippen LogP contribution in [0.15, 0.2) is 4.99 Å². The third-order valence-corrected chi connectivity index (χ3v) is 7.67. The molecule has 0 saturated heterocycles. The summed E-state index contributed by atoms with van der Waals surface area (Å²) in [5.74, 6) is -9.53. The van der Waals surface area contributed by atoms with Gasteiger partial charge in [-0.2, -0.15) is 0 Å². The number of guanidine groups is 1. The van der Waals surface area contributed by atoms with Gasteiger partial charge >= 0.3 is 11.9 Å². The molecule has 0 radical (unpaired) electrons. The van der Waals surface area contributed by atoms with Crippen molar-refractivity contribution in [3.05, 3.63) is 27.8 Å². The van der Waals surface area contributed by atoms with E-state index >= 15 is 0 Å². The average Bonchev–Trinajstić information content (AvgIpc) is 3.00. The summed E-state index contributed by atoms with van der Waals surface area (Å²) in [7, 11) is 0. The number of benzene rings is 1. The molecule has 0 aromatic heterocycles. The monoisotopic (exact) mass is 679 g/mol. The highest BCUT2D eigenvalue weighted by molar-refractivity contribution is 6.22. The molecule has 0 aliphatic rings. The average molecular weight is 680 g/mol. The van der Waals surface area contributed by atoms with Crippen molar-refractivity contribution in [2.45, 2.75) is 89.0 Å². The molecule has 0 aliphatic heterocycles. The van der Waals surface area contributed by atoms with Crippen molar-refractivity contribution >= 4 is 41.0 Å². The lowest BCUT2D eigenvalue weighted by atomic mass is 9.76. The summed E-state index contributed by atoms with van der Waals surface area (Å²) in [6.07, 6.45) is -0.895. The lowest BCUT2D eigenvalue weighted by molar-refractivity contribution is -0.139. The van der Waals surface area contributed by atoms with Gasteiger partial charge in [-0.15, -0.1) is 0 Å².